The van der Waals surface area contributed by atoms with E-state index in [9.17, 15) is 9.59 Å². The van der Waals surface area contributed by atoms with Crippen LogP contribution in [0, 0.1) is 0 Å². The molecule has 1 atom stereocenters. The molecule has 0 aliphatic carbocycles. The van der Waals surface area contributed by atoms with Gasteiger partial charge in [0.05, 0.1) is 23.6 Å². The number of benzene rings is 3. The molecule has 3 aromatic carbocycles. The molecule has 36 heavy (non-hydrogen) atoms. The van der Waals surface area contributed by atoms with Crippen LogP contribution in [0.2, 0.25) is 5.02 Å². The van der Waals surface area contributed by atoms with Gasteiger partial charge in [-0.3, -0.25) is 4.79 Å². The summed E-state index contributed by atoms with van der Waals surface area (Å²) in [5.74, 6) is 0.558. The molecule has 186 valence electrons. The van der Waals surface area contributed by atoms with Crippen LogP contribution >= 0.6 is 11.6 Å². The summed E-state index contributed by atoms with van der Waals surface area (Å²) in [5, 5.41) is 9.96. The Morgan fingerprint density at radius 3 is 2.50 bits per heavy atom. The number of hydrogen-bond acceptors (Lipinski definition) is 6. The van der Waals surface area contributed by atoms with E-state index in [0.29, 0.717) is 52.9 Å². The molecular weight excluding hydrogens is 484 g/mol. The predicted molar refractivity (Wildman–Crippen MR) is 137 cm³/mol. The maximum absolute atomic E-state index is 12.6. The lowest BCUT2D eigenvalue weighted by Gasteiger charge is -2.13. The van der Waals surface area contributed by atoms with Gasteiger partial charge in [-0.05, 0) is 35.9 Å². The molecule has 0 radical (unpaired) electrons. The SMILES string of the molecule is CO[C@@H](Cc1ccc(OCCCOc2ccc3oc(-c4ccccc4)cc(=O)c3c2)c(Cl)c1)C(=O)O. The highest BCUT2D eigenvalue weighted by molar-refractivity contribution is 6.32. The van der Waals surface area contributed by atoms with Gasteiger partial charge in [0.15, 0.2) is 11.5 Å². The van der Waals surface area contributed by atoms with Crippen LogP contribution in [-0.2, 0) is 16.0 Å². The standard InChI is InChI=1S/C28H25ClO7/c1-33-27(28(31)32)15-18-8-10-25(22(29)14-18)35-13-5-12-34-20-9-11-24-21(16-20)23(30)17-26(36-24)19-6-3-2-4-7-19/h2-4,6-11,14,16-17,27H,5,12-13,15H2,1H3,(H,31,32)/t27-/m0/s1. The van der Waals surface area contributed by atoms with Crippen LogP contribution in [0.3, 0.4) is 0 Å². The fourth-order valence-corrected chi connectivity index (χ4v) is 3.93. The summed E-state index contributed by atoms with van der Waals surface area (Å²) in [7, 11) is 1.36. The van der Waals surface area contributed by atoms with Crippen molar-refractivity contribution in [2.24, 2.45) is 0 Å². The second kappa shape index (κ2) is 11.7. The van der Waals surface area contributed by atoms with Crippen molar-refractivity contribution < 1.29 is 28.5 Å². The van der Waals surface area contributed by atoms with E-state index >= 15 is 0 Å². The number of fused-ring (bicyclic) bond motifs is 1. The first-order valence-electron chi connectivity index (χ1n) is 11.4. The van der Waals surface area contributed by atoms with Crippen LogP contribution in [0.4, 0.5) is 0 Å². The number of methoxy groups -OCH3 is 1. The Labute approximate surface area is 212 Å². The summed E-state index contributed by atoms with van der Waals surface area (Å²) in [5.41, 5.74) is 1.94. The van der Waals surface area contributed by atoms with Gasteiger partial charge in [0, 0.05) is 31.6 Å². The van der Waals surface area contributed by atoms with Crippen molar-refractivity contribution in [1.29, 1.82) is 0 Å². The summed E-state index contributed by atoms with van der Waals surface area (Å²) in [4.78, 5) is 23.8. The molecule has 1 heterocycles. The average molecular weight is 509 g/mol. The third kappa shape index (κ3) is 6.24. The van der Waals surface area contributed by atoms with Gasteiger partial charge in [0.2, 0.25) is 0 Å². The van der Waals surface area contributed by atoms with Crippen molar-refractivity contribution in [3.63, 3.8) is 0 Å². The third-order valence-electron chi connectivity index (χ3n) is 5.55. The summed E-state index contributed by atoms with van der Waals surface area (Å²) in [6.07, 6.45) is -0.142. The molecule has 1 N–H and O–H groups in total. The highest BCUT2D eigenvalue weighted by atomic mass is 35.5. The topological polar surface area (TPSA) is 95.2 Å². The minimum Gasteiger partial charge on any atom is -0.493 e. The Balaban J connectivity index is 1.30. The molecule has 0 unspecified atom stereocenters. The Morgan fingerprint density at radius 2 is 1.78 bits per heavy atom. The van der Waals surface area contributed by atoms with Crippen molar-refractivity contribution in [3.8, 4) is 22.8 Å². The molecule has 8 heteroatoms. The number of rotatable bonds is 11. The van der Waals surface area contributed by atoms with Gasteiger partial charge in [0.25, 0.3) is 0 Å². The first kappa shape index (κ1) is 25.3. The smallest absolute Gasteiger partial charge is 0.333 e. The van der Waals surface area contributed by atoms with Crippen LogP contribution < -0.4 is 14.9 Å². The molecular formula is C28H25ClO7. The number of ether oxygens (including phenoxy) is 3. The van der Waals surface area contributed by atoms with E-state index in [1.807, 2.05) is 30.3 Å². The largest absolute Gasteiger partial charge is 0.493 e. The van der Waals surface area contributed by atoms with Crippen LogP contribution in [0.15, 0.2) is 82.0 Å². The lowest BCUT2D eigenvalue weighted by atomic mass is 10.1. The van der Waals surface area contributed by atoms with Gasteiger partial charge < -0.3 is 23.7 Å². The quantitative estimate of drug-likeness (QED) is 0.263. The molecule has 0 amide bonds. The Bertz CT molecular complexity index is 1400. The highest BCUT2D eigenvalue weighted by Gasteiger charge is 2.17. The van der Waals surface area contributed by atoms with Crippen molar-refractivity contribution in [3.05, 3.63) is 93.6 Å². The van der Waals surface area contributed by atoms with E-state index in [1.165, 1.54) is 13.2 Å². The summed E-state index contributed by atoms with van der Waals surface area (Å²) in [6, 6.07) is 21.3. The van der Waals surface area contributed by atoms with Crippen LogP contribution in [-0.4, -0.2) is 37.5 Å². The number of aliphatic carboxylic acids is 1. The number of carboxylic acids is 1. The highest BCUT2D eigenvalue weighted by Crippen LogP contribution is 2.27. The zero-order valence-electron chi connectivity index (χ0n) is 19.6. The van der Waals surface area contributed by atoms with E-state index < -0.39 is 12.1 Å². The predicted octanol–water partition coefficient (Wildman–Crippen LogP) is 5.60. The number of carboxylic acid groups (broad SMARTS) is 1. The van der Waals surface area contributed by atoms with Crippen molar-refractivity contribution in [2.75, 3.05) is 20.3 Å². The summed E-state index contributed by atoms with van der Waals surface area (Å²) < 4.78 is 22.4. The molecule has 0 saturated heterocycles. The molecule has 0 spiro atoms. The van der Waals surface area contributed by atoms with Crippen LogP contribution in [0.5, 0.6) is 11.5 Å². The molecule has 0 saturated carbocycles. The second-order valence-electron chi connectivity index (χ2n) is 8.08. The van der Waals surface area contributed by atoms with Crippen molar-refractivity contribution in [2.45, 2.75) is 18.9 Å². The van der Waals surface area contributed by atoms with E-state index in [2.05, 4.69) is 0 Å². The van der Waals surface area contributed by atoms with Gasteiger partial charge in [-0.1, -0.05) is 48.0 Å². The van der Waals surface area contributed by atoms with Gasteiger partial charge in [-0.25, -0.2) is 4.79 Å². The molecule has 4 rings (SSSR count). The lowest BCUT2D eigenvalue weighted by molar-refractivity contribution is -0.148. The molecule has 0 bridgehead atoms. The first-order chi connectivity index (χ1) is 17.4. The molecule has 7 nitrogen and oxygen atoms in total. The number of carbonyl (C=O) groups is 1. The Morgan fingerprint density at radius 1 is 1.00 bits per heavy atom. The Hall–Kier alpha value is -3.81. The number of halogens is 1. The summed E-state index contributed by atoms with van der Waals surface area (Å²) >= 11 is 6.28. The average Bonchev–Trinajstić information content (AvgIpc) is 2.88. The maximum atomic E-state index is 12.6. The van der Waals surface area contributed by atoms with E-state index in [-0.39, 0.29) is 11.8 Å². The fraction of sp³-hybridized carbons (Fsp3) is 0.214. The van der Waals surface area contributed by atoms with Crippen molar-refractivity contribution in [1.82, 2.24) is 0 Å². The molecule has 4 aromatic rings. The first-order valence-corrected chi connectivity index (χ1v) is 11.8. The third-order valence-corrected chi connectivity index (χ3v) is 5.84. The monoisotopic (exact) mass is 508 g/mol. The molecule has 0 aliphatic heterocycles. The minimum atomic E-state index is -1.03. The fourth-order valence-electron chi connectivity index (χ4n) is 3.67. The molecule has 1 aromatic heterocycles. The van der Waals surface area contributed by atoms with E-state index in [0.717, 1.165) is 11.1 Å². The van der Waals surface area contributed by atoms with Crippen molar-refractivity contribution >= 4 is 28.5 Å². The van der Waals surface area contributed by atoms with Gasteiger partial charge >= 0.3 is 5.97 Å². The van der Waals surface area contributed by atoms with E-state index in [1.54, 1.807) is 36.4 Å². The Kier molecular flexibility index (Phi) is 8.25. The normalized spacial score (nSPS) is 11.8. The zero-order chi connectivity index (χ0) is 25.5. The molecule has 0 aliphatic rings. The second-order valence-corrected chi connectivity index (χ2v) is 8.49. The van der Waals surface area contributed by atoms with Crippen LogP contribution in [0.25, 0.3) is 22.3 Å². The maximum Gasteiger partial charge on any atom is 0.333 e. The summed E-state index contributed by atoms with van der Waals surface area (Å²) in [6.45, 7) is 0.744. The van der Waals surface area contributed by atoms with Gasteiger partial charge in [0.1, 0.15) is 22.8 Å². The minimum absolute atomic E-state index is 0.137. The number of hydrogen-bond donors (Lipinski definition) is 1. The zero-order valence-corrected chi connectivity index (χ0v) is 20.4. The molecule has 0 fully saturated rings. The van der Waals surface area contributed by atoms with E-state index in [4.69, 9.17) is 35.3 Å². The van der Waals surface area contributed by atoms with Crippen LogP contribution in [0.1, 0.15) is 12.0 Å². The van der Waals surface area contributed by atoms with Gasteiger partial charge in [-0.15, -0.1) is 0 Å². The lowest BCUT2D eigenvalue weighted by Crippen LogP contribution is -2.24. The van der Waals surface area contributed by atoms with Gasteiger partial charge in [-0.2, -0.15) is 0 Å².